The van der Waals surface area contributed by atoms with Crippen molar-refractivity contribution in [1.82, 2.24) is 15.0 Å². The third-order valence-electron chi connectivity index (χ3n) is 2.80. The van der Waals surface area contributed by atoms with Gasteiger partial charge < -0.3 is 5.73 Å². The molecule has 0 spiro atoms. The van der Waals surface area contributed by atoms with Crippen molar-refractivity contribution in [1.29, 1.82) is 0 Å². The van der Waals surface area contributed by atoms with Crippen LogP contribution in [0.2, 0.25) is 0 Å². The summed E-state index contributed by atoms with van der Waals surface area (Å²) in [5.41, 5.74) is 7.57. The Kier molecular flexibility index (Phi) is 4.93. The van der Waals surface area contributed by atoms with Crippen molar-refractivity contribution in [2.24, 2.45) is 0 Å². The molecule has 0 saturated carbocycles. The first-order valence-electron chi connectivity index (χ1n) is 6.88. The second-order valence-corrected chi connectivity index (χ2v) is 4.69. The summed E-state index contributed by atoms with van der Waals surface area (Å²) in [7, 11) is 0. The van der Waals surface area contributed by atoms with Gasteiger partial charge in [0.15, 0.2) is 5.82 Å². The molecule has 0 unspecified atom stereocenters. The van der Waals surface area contributed by atoms with E-state index in [-0.39, 0.29) is 0 Å². The maximum Gasteiger partial charge on any atom is 0.248 e. The fourth-order valence-corrected chi connectivity index (χ4v) is 1.84. The molecule has 0 amide bonds. The van der Waals surface area contributed by atoms with Crippen molar-refractivity contribution < 1.29 is 8.78 Å². The van der Waals surface area contributed by atoms with Crippen molar-refractivity contribution in [3.05, 3.63) is 48.6 Å². The number of nitrogens with two attached hydrogens (primary N) is 1. The predicted octanol–water partition coefficient (Wildman–Crippen LogP) is 3.97. The topological polar surface area (TPSA) is 64.7 Å². The molecular formula is C16H16F2N4. The zero-order valence-electron chi connectivity index (χ0n) is 12.3. The fourth-order valence-electron chi connectivity index (χ4n) is 1.84. The van der Waals surface area contributed by atoms with E-state index in [0.717, 1.165) is 6.07 Å². The number of hydrogen-bond acceptors (Lipinski definition) is 4. The molecule has 0 aliphatic carbocycles. The molecule has 2 aromatic heterocycles. The van der Waals surface area contributed by atoms with Crippen LogP contribution in [0.5, 0.6) is 0 Å². The standard InChI is InChI=1S/C13H8F2N4.C3H8/c14-10-4-8(5-17-12(10)15)7-1-2-11-9(3-7)13(16)19-6-18-11;1-3-2/h1-6H,(H2,16,18,19);3H2,1-2H3. The first-order chi connectivity index (χ1) is 10.6. The van der Waals surface area contributed by atoms with Crippen LogP contribution < -0.4 is 5.73 Å². The number of fused-ring (bicyclic) bond motifs is 1. The van der Waals surface area contributed by atoms with Crippen molar-refractivity contribution in [2.75, 3.05) is 5.73 Å². The summed E-state index contributed by atoms with van der Waals surface area (Å²) in [6, 6.07) is 6.29. The summed E-state index contributed by atoms with van der Waals surface area (Å²) in [4.78, 5) is 11.3. The average Bonchev–Trinajstić information content (AvgIpc) is 2.51. The van der Waals surface area contributed by atoms with Crippen LogP contribution in [0.25, 0.3) is 22.0 Å². The molecule has 0 saturated heterocycles. The predicted molar refractivity (Wildman–Crippen MR) is 83.1 cm³/mol. The summed E-state index contributed by atoms with van der Waals surface area (Å²) in [5.74, 6) is -1.77. The van der Waals surface area contributed by atoms with E-state index >= 15 is 0 Å². The molecule has 1 aromatic carbocycles. The third kappa shape index (κ3) is 3.33. The monoisotopic (exact) mass is 302 g/mol. The van der Waals surface area contributed by atoms with Gasteiger partial charge in [-0.2, -0.15) is 4.39 Å². The van der Waals surface area contributed by atoms with Crippen LogP contribution in [0.15, 0.2) is 36.8 Å². The maximum atomic E-state index is 13.2. The molecule has 0 atom stereocenters. The number of benzene rings is 1. The molecule has 4 nitrogen and oxygen atoms in total. The number of hydrogen-bond donors (Lipinski definition) is 1. The Morgan fingerprint density at radius 2 is 1.73 bits per heavy atom. The van der Waals surface area contributed by atoms with Gasteiger partial charge in [-0.3, -0.25) is 0 Å². The lowest BCUT2D eigenvalue weighted by molar-refractivity contribution is 0.480. The molecule has 0 fully saturated rings. The summed E-state index contributed by atoms with van der Waals surface area (Å²) in [5, 5.41) is 0.657. The van der Waals surface area contributed by atoms with Crippen molar-refractivity contribution in [3.8, 4) is 11.1 Å². The molecule has 2 heterocycles. The van der Waals surface area contributed by atoms with E-state index in [1.807, 2.05) is 0 Å². The summed E-state index contributed by atoms with van der Waals surface area (Å²) in [6.45, 7) is 4.25. The van der Waals surface area contributed by atoms with E-state index in [9.17, 15) is 8.78 Å². The Bertz CT molecular complexity index is 790. The highest BCUT2D eigenvalue weighted by atomic mass is 19.2. The van der Waals surface area contributed by atoms with E-state index in [1.54, 1.807) is 18.2 Å². The SMILES string of the molecule is CCC.Nc1ncnc2ccc(-c3cnc(F)c(F)c3)cc12. The second-order valence-electron chi connectivity index (χ2n) is 4.69. The van der Waals surface area contributed by atoms with Crippen LogP contribution in [0, 0.1) is 11.8 Å². The summed E-state index contributed by atoms with van der Waals surface area (Å²) >= 11 is 0. The van der Waals surface area contributed by atoms with Crippen LogP contribution >= 0.6 is 0 Å². The van der Waals surface area contributed by atoms with Gasteiger partial charge in [0.25, 0.3) is 0 Å². The van der Waals surface area contributed by atoms with Crippen LogP contribution in [0.4, 0.5) is 14.6 Å². The van der Waals surface area contributed by atoms with Gasteiger partial charge in [-0.25, -0.2) is 19.3 Å². The molecule has 3 rings (SSSR count). The third-order valence-corrected chi connectivity index (χ3v) is 2.80. The Hall–Kier alpha value is -2.63. The van der Waals surface area contributed by atoms with Crippen LogP contribution in [-0.2, 0) is 0 Å². The maximum absolute atomic E-state index is 13.2. The van der Waals surface area contributed by atoms with Gasteiger partial charge in [-0.1, -0.05) is 26.3 Å². The Balaban J connectivity index is 0.000000545. The van der Waals surface area contributed by atoms with Crippen LogP contribution in [-0.4, -0.2) is 15.0 Å². The number of rotatable bonds is 1. The average molecular weight is 302 g/mol. The first-order valence-corrected chi connectivity index (χ1v) is 6.88. The minimum Gasteiger partial charge on any atom is -0.383 e. The van der Waals surface area contributed by atoms with Gasteiger partial charge in [0.05, 0.1) is 5.52 Å². The highest BCUT2D eigenvalue weighted by Crippen LogP contribution is 2.25. The lowest BCUT2D eigenvalue weighted by Crippen LogP contribution is -1.94. The van der Waals surface area contributed by atoms with Crippen molar-refractivity contribution >= 4 is 16.7 Å². The summed E-state index contributed by atoms with van der Waals surface area (Å²) < 4.78 is 26.0. The number of pyridine rings is 1. The molecule has 0 aliphatic heterocycles. The molecule has 114 valence electrons. The van der Waals surface area contributed by atoms with Gasteiger partial charge in [0.1, 0.15) is 12.1 Å². The van der Waals surface area contributed by atoms with Crippen molar-refractivity contribution in [2.45, 2.75) is 20.3 Å². The molecule has 3 aromatic rings. The van der Waals surface area contributed by atoms with Gasteiger partial charge in [0, 0.05) is 17.1 Å². The number of nitrogen functional groups attached to an aromatic ring is 1. The number of halogens is 2. The van der Waals surface area contributed by atoms with Crippen LogP contribution in [0.3, 0.4) is 0 Å². The quantitative estimate of drug-likeness (QED) is 0.691. The summed E-state index contributed by atoms with van der Waals surface area (Å²) in [6.07, 6.45) is 3.88. The molecule has 22 heavy (non-hydrogen) atoms. The van der Waals surface area contributed by atoms with Crippen LogP contribution in [0.1, 0.15) is 20.3 Å². The number of aromatic nitrogens is 3. The van der Waals surface area contributed by atoms with Gasteiger partial charge >= 0.3 is 0 Å². The van der Waals surface area contributed by atoms with Gasteiger partial charge in [-0.05, 0) is 23.8 Å². The lowest BCUT2D eigenvalue weighted by Gasteiger charge is -2.05. The van der Waals surface area contributed by atoms with E-state index in [4.69, 9.17) is 5.73 Å². The number of anilines is 1. The molecule has 0 aliphatic rings. The van der Waals surface area contributed by atoms with E-state index in [2.05, 4.69) is 28.8 Å². The zero-order chi connectivity index (χ0) is 16.1. The highest BCUT2D eigenvalue weighted by molar-refractivity contribution is 5.91. The first kappa shape index (κ1) is 15.8. The Morgan fingerprint density at radius 1 is 1.00 bits per heavy atom. The van der Waals surface area contributed by atoms with Gasteiger partial charge in [-0.15, -0.1) is 0 Å². The minimum atomic E-state index is -1.12. The Labute approximate surface area is 127 Å². The molecule has 0 radical (unpaired) electrons. The largest absolute Gasteiger partial charge is 0.383 e. The molecule has 2 N–H and O–H groups in total. The highest BCUT2D eigenvalue weighted by Gasteiger charge is 2.08. The van der Waals surface area contributed by atoms with E-state index in [1.165, 1.54) is 18.9 Å². The second kappa shape index (κ2) is 6.89. The van der Waals surface area contributed by atoms with Crippen molar-refractivity contribution in [3.63, 3.8) is 0 Å². The Morgan fingerprint density at radius 3 is 2.41 bits per heavy atom. The van der Waals surface area contributed by atoms with E-state index < -0.39 is 11.8 Å². The zero-order valence-corrected chi connectivity index (χ0v) is 12.3. The fraction of sp³-hybridized carbons (Fsp3) is 0.188. The van der Waals surface area contributed by atoms with Gasteiger partial charge in [0.2, 0.25) is 5.95 Å². The molecule has 6 heteroatoms. The minimum absolute atomic E-state index is 0.336. The van der Waals surface area contributed by atoms with E-state index in [0.29, 0.717) is 27.8 Å². The smallest absolute Gasteiger partial charge is 0.248 e. The molecule has 0 bridgehead atoms. The molecular weight excluding hydrogens is 286 g/mol. The lowest BCUT2D eigenvalue weighted by atomic mass is 10.1. The number of nitrogens with zero attached hydrogens (tertiary/aromatic N) is 3. The normalized spacial score (nSPS) is 10.2.